The molecule has 0 aromatic heterocycles. The van der Waals surface area contributed by atoms with Gasteiger partial charge < -0.3 is 24.4 Å². The average molecular weight is 306 g/mol. The molecule has 1 fully saturated rings. The predicted octanol–water partition coefficient (Wildman–Crippen LogP) is 0.437. The topological polar surface area (TPSA) is 102 Å². The molecule has 0 bridgehead atoms. The summed E-state index contributed by atoms with van der Waals surface area (Å²) in [6.07, 6.45) is 0.525. The summed E-state index contributed by atoms with van der Waals surface area (Å²) in [6, 6.07) is 0. The molecule has 1 heterocycles. The maximum Gasteiger partial charge on any atom is 0.314 e. The van der Waals surface area contributed by atoms with Gasteiger partial charge in [0.25, 0.3) is 0 Å². The van der Waals surface area contributed by atoms with Crippen LogP contribution in [-0.4, -0.2) is 61.8 Å². The quantitative estimate of drug-likeness (QED) is 0.304. The molecule has 0 atom stereocenters. The molecule has 124 valence electrons. The van der Waals surface area contributed by atoms with Gasteiger partial charge >= 0.3 is 11.9 Å². The lowest BCUT2D eigenvalue weighted by Gasteiger charge is -2.01. The first kappa shape index (κ1) is 22.0. The Labute approximate surface area is 125 Å². The van der Waals surface area contributed by atoms with E-state index >= 15 is 0 Å². The van der Waals surface area contributed by atoms with Crippen molar-refractivity contribution in [3.63, 3.8) is 0 Å². The summed E-state index contributed by atoms with van der Waals surface area (Å²) in [7, 11) is 0. The lowest BCUT2D eigenvalue weighted by molar-refractivity contribution is -0.151. The predicted molar refractivity (Wildman–Crippen MR) is 76.6 cm³/mol. The van der Waals surface area contributed by atoms with Gasteiger partial charge in [0.2, 0.25) is 0 Å². The van der Waals surface area contributed by atoms with Gasteiger partial charge in [0.15, 0.2) is 0 Å². The van der Waals surface area contributed by atoms with Crippen molar-refractivity contribution in [1.29, 1.82) is 0 Å². The van der Waals surface area contributed by atoms with E-state index in [2.05, 4.69) is 11.3 Å². The second-order valence-corrected chi connectivity index (χ2v) is 4.23. The van der Waals surface area contributed by atoms with Gasteiger partial charge in [-0.05, 0) is 13.8 Å². The SMILES string of the molecule is C=C(C)C.O=C1CCC(=O)O1.OCCOCCOCCO. The molecule has 0 amide bonds. The molecule has 0 saturated carbocycles. The molecular weight excluding hydrogens is 280 g/mol. The van der Waals surface area contributed by atoms with Crippen LogP contribution in [0.3, 0.4) is 0 Å². The molecule has 1 saturated heterocycles. The Hall–Kier alpha value is -1.28. The Bertz CT molecular complexity index is 263. The fourth-order valence-electron chi connectivity index (χ4n) is 0.884. The van der Waals surface area contributed by atoms with Crippen LogP contribution in [0.5, 0.6) is 0 Å². The van der Waals surface area contributed by atoms with Crippen LogP contribution in [-0.2, 0) is 23.8 Å². The van der Waals surface area contributed by atoms with Crippen LogP contribution in [0.4, 0.5) is 0 Å². The van der Waals surface area contributed by atoms with Crippen molar-refractivity contribution in [2.75, 3.05) is 39.6 Å². The molecule has 0 radical (unpaired) electrons. The van der Waals surface area contributed by atoms with E-state index in [1.807, 2.05) is 13.8 Å². The number of allylic oxidation sites excluding steroid dienone is 1. The van der Waals surface area contributed by atoms with Gasteiger partial charge in [-0.2, -0.15) is 0 Å². The van der Waals surface area contributed by atoms with Crippen LogP contribution in [0.25, 0.3) is 0 Å². The summed E-state index contributed by atoms with van der Waals surface area (Å²) < 4.78 is 13.8. The van der Waals surface area contributed by atoms with Gasteiger partial charge in [-0.25, -0.2) is 0 Å². The fourth-order valence-corrected chi connectivity index (χ4v) is 0.884. The molecule has 1 aliphatic heterocycles. The number of carbonyl (C=O) groups excluding carboxylic acids is 2. The first-order valence-corrected chi connectivity index (χ1v) is 6.66. The number of esters is 2. The lowest BCUT2D eigenvalue weighted by atomic mass is 10.4. The molecule has 0 aromatic carbocycles. The van der Waals surface area contributed by atoms with E-state index in [0.29, 0.717) is 26.4 Å². The zero-order chi connectivity index (χ0) is 16.5. The average Bonchev–Trinajstić information content (AvgIpc) is 2.78. The zero-order valence-electron chi connectivity index (χ0n) is 12.8. The van der Waals surface area contributed by atoms with Crippen molar-refractivity contribution in [2.24, 2.45) is 0 Å². The minimum absolute atomic E-state index is 0.0417. The number of cyclic esters (lactones) is 2. The van der Waals surface area contributed by atoms with Crippen LogP contribution in [0.2, 0.25) is 0 Å². The Balaban J connectivity index is 0. The van der Waals surface area contributed by atoms with Crippen molar-refractivity contribution >= 4 is 11.9 Å². The molecular formula is C14H26O7. The molecule has 0 aliphatic carbocycles. The first-order chi connectivity index (χ1) is 9.93. The smallest absolute Gasteiger partial charge is 0.314 e. The largest absolute Gasteiger partial charge is 0.394 e. The van der Waals surface area contributed by atoms with Crippen LogP contribution in [0.15, 0.2) is 12.2 Å². The van der Waals surface area contributed by atoms with E-state index in [1.54, 1.807) is 0 Å². The van der Waals surface area contributed by atoms with Crippen molar-refractivity contribution < 1.29 is 34.0 Å². The monoisotopic (exact) mass is 306 g/mol. The maximum absolute atomic E-state index is 10.0. The third-order valence-corrected chi connectivity index (χ3v) is 1.60. The van der Waals surface area contributed by atoms with E-state index in [4.69, 9.17) is 19.7 Å². The van der Waals surface area contributed by atoms with Gasteiger partial charge in [0.05, 0.1) is 52.5 Å². The lowest BCUT2D eigenvalue weighted by Crippen LogP contribution is -2.09. The molecule has 0 spiro atoms. The van der Waals surface area contributed by atoms with Gasteiger partial charge in [-0.3, -0.25) is 9.59 Å². The highest BCUT2D eigenvalue weighted by Gasteiger charge is 2.19. The fraction of sp³-hybridized carbons (Fsp3) is 0.714. The first-order valence-electron chi connectivity index (χ1n) is 6.66. The van der Waals surface area contributed by atoms with Gasteiger partial charge in [-0.1, -0.05) is 5.57 Å². The molecule has 7 heteroatoms. The van der Waals surface area contributed by atoms with E-state index in [-0.39, 0.29) is 26.1 Å². The van der Waals surface area contributed by atoms with Gasteiger partial charge in [0.1, 0.15) is 0 Å². The number of hydrogen-bond acceptors (Lipinski definition) is 7. The molecule has 2 N–H and O–H groups in total. The Morgan fingerprint density at radius 3 is 1.52 bits per heavy atom. The number of ether oxygens (including phenoxy) is 3. The summed E-state index contributed by atoms with van der Waals surface area (Å²) in [5.41, 5.74) is 1.17. The second kappa shape index (κ2) is 16.8. The summed E-state index contributed by atoms with van der Waals surface area (Å²) in [6.45, 7) is 9.23. The highest BCUT2D eigenvalue weighted by Crippen LogP contribution is 2.03. The van der Waals surface area contributed by atoms with Crippen LogP contribution >= 0.6 is 0 Å². The Morgan fingerprint density at radius 1 is 1.00 bits per heavy atom. The van der Waals surface area contributed by atoms with Crippen molar-refractivity contribution in [3.8, 4) is 0 Å². The maximum atomic E-state index is 10.0. The Kier molecular flexibility index (Phi) is 17.6. The number of aliphatic hydroxyl groups is 2. The minimum Gasteiger partial charge on any atom is -0.394 e. The van der Waals surface area contributed by atoms with Crippen LogP contribution in [0, 0.1) is 0 Å². The van der Waals surface area contributed by atoms with Crippen molar-refractivity contribution in [3.05, 3.63) is 12.2 Å². The molecule has 0 aromatic rings. The van der Waals surface area contributed by atoms with Crippen LogP contribution in [0.1, 0.15) is 26.7 Å². The second-order valence-electron chi connectivity index (χ2n) is 4.23. The van der Waals surface area contributed by atoms with E-state index < -0.39 is 11.9 Å². The number of rotatable bonds is 7. The number of carbonyl (C=O) groups is 2. The molecule has 0 unspecified atom stereocenters. The summed E-state index contributed by atoms with van der Waals surface area (Å²) in [4.78, 5) is 20.0. The molecule has 7 nitrogen and oxygen atoms in total. The zero-order valence-corrected chi connectivity index (χ0v) is 12.8. The highest BCUT2D eigenvalue weighted by molar-refractivity contribution is 5.92. The summed E-state index contributed by atoms with van der Waals surface area (Å²) >= 11 is 0. The number of hydrogen-bond donors (Lipinski definition) is 2. The van der Waals surface area contributed by atoms with Crippen LogP contribution < -0.4 is 0 Å². The third-order valence-electron chi connectivity index (χ3n) is 1.60. The van der Waals surface area contributed by atoms with Gasteiger partial charge in [0, 0.05) is 0 Å². The van der Waals surface area contributed by atoms with E-state index in [9.17, 15) is 9.59 Å². The van der Waals surface area contributed by atoms with Crippen molar-refractivity contribution in [2.45, 2.75) is 26.7 Å². The summed E-state index contributed by atoms with van der Waals surface area (Å²) in [5.74, 6) is -0.796. The van der Waals surface area contributed by atoms with E-state index in [1.165, 1.54) is 5.57 Å². The highest BCUT2D eigenvalue weighted by atomic mass is 16.6. The summed E-state index contributed by atoms with van der Waals surface area (Å²) in [5, 5.41) is 16.5. The third kappa shape index (κ3) is 24.2. The van der Waals surface area contributed by atoms with E-state index in [0.717, 1.165) is 0 Å². The van der Waals surface area contributed by atoms with Gasteiger partial charge in [-0.15, -0.1) is 6.58 Å². The normalized spacial score (nSPS) is 12.8. The molecule has 21 heavy (non-hydrogen) atoms. The molecule has 1 rings (SSSR count). The molecule has 1 aliphatic rings. The number of aliphatic hydroxyl groups excluding tert-OH is 2. The Morgan fingerprint density at radius 2 is 1.33 bits per heavy atom. The standard InChI is InChI=1S/C6H14O4.C4H4O3.C4H8/c7-1-3-9-5-6-10-4-2-8;5-3-1-2-4(6)7-3;1-4(2)3/h7-8H,1-6H2;1-2H2;1H2,2-3H3. The minimum atomic E-state index is -0.398. The van der Waals surface area contributed by atoms with Crippen molar-refractivity contribution in [1.82, 2.24) is 0 Å².